The molecule has 0 fully saturated rings. The third-order valence-electron chi connectivity index (χ3n) is 5.10. The molecule has 9 nitrogen and oxygen atoms in total. The summed E-state index contributed by atoms with van der Waals surface area (Å²) in [6.07, 6.45) is 6.18. The van der Waals surface area contributed by atoms with E-state index in [-0.39, 0.29) is 18.9 Å². The summed E-state index contributed by atoms with van der Waals surface area (Å²) in [7, 11) is 0. The predicted molar refractivity (Wildman–Crippen MR) is 135 cm³/mol. The van der Waals surface area contributed by atoms with Crippen molar-refractivity contribution in [1.82, 2.24) is 16.0 Å². The third kappa shape index (κ3) is 9.62. The summed E-state index contributed by atoms with van der Waals surface area (Å²) < 4.78 is 5.13. The highest BCUT2D eigenvalue weighted by Crippen LogP contribution is 2.20. The Labute approximate surface area is 208 Å². The van der Waals surface area contributed by atoms with Crippen LogP contribution in [0.15, 0.2) is 53.5 Å². The van der Waals surface area contributed by atoms with Crippen LogP contribution in [-0.2, 0) is 27.4 Å². The Morgan fingerprint density at radius 2 is 2.03 bits per heavy atom. The van der Waals surface area contributed by atoms with Crippen molar-refractivity contribution < 1.29 is 24.2 Å². The fourth-order valence-electron chi connectivity index (χ4n) is 3.29. The molecular formula is C25H30N4O5S. The van der Waals surface area contributed by atoms with Gasteiger partial charge in [0.25, 0.3) is 0 Å². The number of rotatable bonds is 11. The van der Waals surface area contributed by atoms with E-state index in [1.54, 1.807) is 0 Å². The second-order valence-electron chi connectivity index (χ2n) is 7.96. The van der Waals surface area contributed by atoms with Crippen molar-refractivity contribution in [3.05, 3.63) is 63.9 Å². The molecular weight excluding hydrogens is 468 g/mol. The molecule has 0 unspecified atom stereocenters. The first-order valence-electron chi connectivity index (χ1n) is 11.5. The number of carbonyl (C=O) groups excluding carboxylic acids is 2. The van der Waals surface area contributed by atoms with E-state index < -0.39 is 18.1 Å². The molecule has 186 valence electrons. The van der Waals surface area contributed by atoms with Crippen LogP contribution in [0, 0.1) is 0 Å². The van der Waals surface area contributed by atoms with Gasteiger partial charge in [-0.25, -0.2) is 9.59 Å². The van der Waals surface area contributed by atoms with E-state index in [4.69, 9.17) is 4.74 Å². The van der Waals surface area contributed by atoms with Crippen molar-refractivity contribution in [2.45, 2.75) is 44.8 Å². The Kier molecular flexibility index (Phi) is 10.3. The SMILES string of the molecule is O=C(CCC/C=C/c1ccc(C[C@H](NC(=O)OCc2ccccc2)C(=O)O)s1)NC1=NCCCN1. The van der Waals surface area contributed by atoms with Gasteiger partial charge in [-0.05, 0) is 43.0 Å². The molecule has 1 aromatic heterocycles. The Morgan fingerprint density at radius 3 is 2.77 bits per heavy atom. The van der Waals surface area contributed by atoms with E-state index in [1.807, 2.05) is 54.6 Å². The van der Waals surface area contributed by atoms with Crippen molar-refractivity contribution >= 4 is 41.3 Å². The number of ether oxygens (including phenoxy) is 1. The average Bonchev–Trinajstić information content (AvgIpc) is 3.30. The minimum Gasteiger partial charge on any atom is -0.480 e. The summed E-state index contributed by atoms with van der Waals surface area (Å²) >= 11 is 1.46. The molecule has 3 rings (SSSR count). The maximum absolute atomic E-state index is 12.0. The number of aliphatic carboxylic acids is 1. The number of unbranched alkanes of at least 4 members (excludes halogenated alkanes) is 1. The number of amides is 2. The van der Waals surface area contributed by atoms with Crippen LogP contribution in [0.4, 0.5) is 4.79 Å². The number of thiophene rings is 1. The maximum atomic E-state index is 12.0. The normalized spacial score (nSPS) is 14.0. The molecule has 0 aliphatic carbocycles. The van der Waals surface area contributed by atoms with E-state index in [0.717, 1.165) is 41.2 Å². The number of nitrogens with zero attached hydrogens (tertiary/aromatic N) is 1. The first-order valence-corrected chi connectivity index (χ1v) is 12.3. The summed E-state index contributed by atoms with van der Waals surface area (Å²) in [5, 5.41) is 17.8. The van der Waals surface area contributed by atoms with Crippen LogP contribution in [0.3, 0.4) is 0 Å². The van der Waals surface area contributed by atoms with Crippen molar-refractivity contribution in [1.29, 1.82) is 0 Å². The molecule has 1 aliphatic heterocycles. The number of alkyl carbamates (subject to hydrolysis) is 1. The van der Waals surface area contributed by atoms with E-state index in [2.05, 4.69) is 20.9 Å². The zero-order valence-electron chi connectivity index (χ0n) is 19.4. The summed E-state index contributed by atoms with van der Waals surface area (Å²) in [5.41, 5.74) is 0.820. The third-order valence-corrected chi connectivity index (χ3v) is 6.18. The Hall–Kier alpha value is -3.66. The van der Waals surface area contributed by atoms with Crippen LogP contribution in [-0.4, -0.2) is 48.2 Å². The summed E-state index contributed by atoms with van der Waals surface area (Å²) in [6, 6.07) is 11.8. The molecule has 1 atom stereocenters. The molecule has 2 aromatic rings. The second-order valence-corrected chi connectivity index (χ2v) is 9.16. The van der Waals surface area contributed by atoms with E-state index in [0.29, 0.717) is 18.8 Å². The average molecular weight is 499 g/mol. The maximum Gasteiger partial charge on any atom is 0.408 e. The van der Waals surface area contributed by atoms with Crippen molar-refractivity contribution in [2.24, 2.45) is 4.99 Å². The van der Waals surface area contributed by atoms with Crippen LogP contribution >= 0.6 is 11.3 Å². The number of carboxylic acid groups (broad SMARTS) is 1. The summed E-state index contributed by atoms with van der Waals surface area (Å²) in [4.78, 5) is 41.6. The number of carboxylic acids is 1. The van der Waals surface area contributed by atoms with Gasteiger partial charge in [0, 0.05) is 35.7 Å². The van der Waals surface area contributed by atoms with Crippen LogP contribution < -0.4 is 16.0 Å². The molecule has 2 heterocycles. The van der Waals surface area contributed by atoms with Gasteiger partial charge in [0.1, 0.15) is 12.6 Å². The standard InChI is InChI=1S/C25H30N4O5S/c30-22(29-24-26-14-7-15-27-24)11-6-2-5-10-19-12-13-20(35-19)16-21(23(31)32)28-25(33)34-17-18-8-3-1-4-9-18/h1,3-5,8-10,12-13,21H,2,6-7,11,14-17H2,(H,28,33)(H,31,32)(H2,26,27,29,30)/b10-5+/t21-/m0/s1. The van der Waals surface area contributed by atoms with Crippen LogP contribution in [0.1, 0.15) is 41.0 Å². The first kappa shape index (κ1) is 26.0. The van der Waals surface area contributed by atoms with Gasteiger partial charge in [0.2, 0.25) is 5.91 Å². The van der Waals surface area contributed by atoms with E-state index in [1.165, 1.54) is 11.3 Å². The lowest BCUT2D eigenvalue weighted by atomic mass is 10.2. The lowest BCUT2D eigenvalue weighted by molar-refractivity contribution is -0.139. The first-order chi connectivity index (χ1) is 17.0. The number of aliphatic imine (C=N–C) groups is 1. The lowest BCUT2D eigenvalue weighted by Crippen LogP contribution is -2.43. The Bertz CT molecular complexity index is 1050. The molecule has 35 heavy (non-hydrogen) atoms. The molecule has 10 heteroatoms. The highest BCUT2D eigenvalue weighted by Gasteiger charge is 2.22. The number of allylic oxidation sites excluding steroid dienone is 1. The number of hydrogen-bond acceptors (Lipinski definition) is 7. The van der Waals surface area contributed by atoms with E-state index >= 15 is 0 Å². The van der Waals surface area contributed by atoms with Gasteiger partial charge in [-0.1, -0.05) is 36.4 Å². The molecule has 4 N–H and O–H groups in total. The van der Waals surface area contributed by atoms with Crippen molar-refractivity contribution in [3.8, 4) is 0 Å². The topological polar surface area (TPSA) is 129 Å². The van der Waals surface area contributed by atoms with Crippen molar-refractivity contribution in [2.75, 3.05) is 13.1 Å². The predicted octanol–water partition coefficient (Wildman–Crippen LogP) is 3.32. The van der Waals surface area contributed by atoms with Crippen LogP contribution in [0.2, 0.25) is 0 Å². The largest absolute Gasteiger partial charge is 0.480 e. The minimum atomic E-state index is -1.13. The van der Waals surface area contributed by atoms with Crippen LogP contribution in [0.25, 0.3) is 6.08 Å². The number of benzene rings is 1. The Morgan fingerprint density at radius 1 is 1.20 bits per heavy atom. The number of hydrogen-bond donors (Lipinski definition) is 4. The van der Waals surface area contributed by atoms with Gasteiger partial charge >= 0.3 is 12.1 Å². The van der Waals surface area contributed by atoms with Crippen molar-refractivity contribution in [3.63, 3.8) is 0 Å². The quantitative estimate of drug-likeness (QED) is 0.352. The van der Waals surface area contributed by atoms with Gasteiger partial charge in [0.15, 0.2) is 5.96 Å². The molecule has 1 aromatic carbocycles. The highest BCUT2D eigenvalue weighted by molar-refractivity contribution is 7.12. The zero-order valence-corrected chi connectivity index (χ0v) is 20.2. The molecule has 0 saturated heterocycles. The smallest absolute Gasteiger partial charge is 0.408 e. The van der Waals surface area contributed by atoms with Gasteiger partial charge in [-0.2, -0.15) is 0 Å². The molecule has 0 radical (unpaired) electrons. The van der Waals surface area contributed by atoms with Crippen LogP contribution in [0.5, 0.6) is 0 Å². The zero-order chi connectivity index (χ0) is 24.9. The minimum absolute atomic E-state index is 0.0560. The molecule has 0 bridgehead atoms. The van der Waals surface area contributed by atoms with Gasteiger partial charge in [-0.15, -0.1) is 11.3 Å². The molecule has 2 amide bonds. The van der Waals surface area contributed by atoms with Gasteiger partial charge < -0.3 is 20.5 Å². The van der Waals surface area contributed by atoms with E-state index in [9.17, 15) is 19.5 Å². The summed E-state index contributed by atoms with van der Waals surface area (Å²) in [5.74, 6) is -0.624. The number of nitrogens with one attached hydrogen (secondary N) is 3. The highest BCUT2D eigenvalue weighted by atomic mass is 32.1. The Balaban J connectivity index is 1.38. The molecule has 1 aliphatic rings. The summed E-state index contributed by atoms with van der Waals surface area (Å²) in [6.45, 7) is 1.63. The lowest BCUT2D eigenvalue weighted by Gasteiger charge is -2.14. The fraction of sp³-hybridized carbons (Fsp3) is 0.360. The number of carbonyl (C=O) groups is 3. The second kappa shape index (κ2) is 13.9. The molecule has 0 spiro atoms. The number of guanidine groups is 1. The fourth-order valence-corrected chi connectivity index (χ4v) is 4.28. The van der Waals surface area contributed by atoms with Gasteiger partial charge in [0.05, 0.1) is 0 Å². The molecule has 0 saturated carbocycles. The van der Waals surface area contributed by atoms with Gasteiger partial charge in [-0.3, -0.25) is 15.1 Å². The monoisotopic (exact) mass is 498 g/mol.